The molecular weight excluding hydrogens is 346 g/mol. The molecule has 3 rings (SSSR count). The number of methoxy groups -OCH3 is 1. The van der Waals surface area contributed by atoms with Crippen molar-refractivity contribution in [1.29, 1.82) is 0 Å². The summed E-state index contributed by atoms with van der Waals surface area (Å²) in [5, 5.41) is 0. The Kier molecular flexibility index (Phi) is 5.68. The van der Waals surface area contributed by atoms with Gasteiger partial charge in [-0.1, -0.05) is 24.3 Å². The Morgan fingerprint density at radius 1 is 1.15 bits per heavy atom. The molecule has 2 aromatic carbocycles. The fraction of sp³-hybridized carbons (Fsp3) is 0.429. The van der Waals surface area contributed by atoms with Crippen molar-refractivity contribution < 1.29 is 13.2 Å². The molecular formula is C21H27NO3S. The molecule has 0 N–H and O–H groups in total. The highest BCUT2D eigenvalue weighted by atomic mass is 32.2. The molecule has 1 saturated heterocycles. The number of sulfone groups is 1. The second-order valence-corrected chi connectivity index (χ2v) is 9.14. The van der Waals surface area contributed by atoms with E-state index in [0.29, 0.717) is 11.4 Å². The van der Waals surface area contributed by atoms with Gasteiger partial charge in [0, 0.05) is 12.6 Å². The Labute approximate surface area is 156 Å². The minimum absolute atomic E-state index is 0.151. The van der Waals surface area contributed by atoms with Gasteiger partial charge in [-0.2, -0.15) is 0 Å². The van der Waals surface area contributed by atoms with Crippen LogP contribution >= 0.6 is 0 Å². The SMILES string of the molecule is COc1cccc(C2CCCN2CCS(=O)(=O)c2cc(C)ccc2C)c1. The van der Waals surface area contributed by atoms with E-state index < -0.39 is 9.84 Å². The summed E-state index contributed by atoms with van der Waals surface area (Å²) in [7, 11) is -1.62. The lowest BCUT2D eigenvalue weighted by molar-refractivity contribution is 0.271. The number of ether oxygens (including phenoxy) is 1. The molecule has 4 nitrogen and oxygen atoms in total. The summed E-state index contributed by atoms with van der Waals surface area (Å²) >= 11 is 0. The molecule has 0 amide bonds. The maximum atomic E-state index is 12.9. The third-order valence-electron chi connectivity index (χ3n) is 5.17. The Morgan fingerprint density at radius 2 is 1.96 bits per heavy atom. The van der Waals surface area contributed by atoms with Gasteiger partial charge in [0.15, 0.2) is 9.84 Å². The van der Waals surface area contributed by atoms with E-state index in [0.717, 1.165) is 36.3 Å². The number of hydrogen-bond donors (Lipinski definition) is 0. The number of benzene rings is 2. The highest BCUT2D eigenvalue weighted by Crippen LogP contribution is 2.33. The number of nitrogens with zero attached hydrogens (tertiary/aromatic N) is 1. The topological polar surface area (TPSA) is 46.6 Å². The largest absolute Gasteiger partial charge is 0.497 e. The molecule has 0 aromatic heterocycles. The third kappa shape index (κ3) is 4.10. The van der Waals surface area contributed by atoms with Crippen molar-refractivity contribution in [3.63, 3.8) is 0 Å². The van der Waals surface area contributed by atoms with Gasteiger partial charge >= 0.3 is 0 Å². The number of hydrogen-bond acceptors (Lipinski definition) is 4. The fourth-order valence-corrected chi connectivity index (χ4v) is 5.33. The van der Waals surface area contributed by atoms with Crippen molar-refractivity contribution in [2.75, 3.05) is 26.0 Å². The molecule has 0 aliphatic carbocycles. The molecule has 1 fully saturated rings. The molecule has 140 valence electrons. The zero-order valence-corrected chi connectivity index (χ0v) is 16.6. The van der Waals surface area contributed by atoms with Crippen molar-refractivity contribution >= 4 is 9.84 Å². The van der Waals surface area contributed by atoms with Crippen LogP contribution in [0.3, 0.4) is 0 Å². The number of likely N-dealkylation sites (tertiary alicyclic amines) is 1. The normalized spacial score (nSPS) is 18.2. The van der Waals surface area contributed by atoms with E-state index in [9.17, 15) is 8.42 Å². The Balaban J connectivity index is 1.74. The monoisotopic (exact) mass is 373 g/mol. The molecule has 5 heteroatoms. The van der Waals surface area contributed by atoms with Crippen molar-refractivity contribution in [3.05, 3.63) is 59.2 Å². The average Bonchev–Trinajstić information content (AvgIpc) is 3.11. The molecule has 1 aliphatic heterocycles. The smallest absolute Gasteiger partial charge is 0.179 e. The Bertz CT molecular complexity index is 877. The summed E-state index contributed by atoms with van der Waals surface area (Å²) in [5.41, 5.74) is 3.00. The highest BCUT2D eigenvalue weighted by molar-refractivity contribution is 7.91. The van der Waals surface area contributed by atoms with Gasteiger partial charge in [-0.05, 0) is 68.1 Å². The van der Waals surface area contributed by atoms with Gasteiger partial charge in [0.2, 0.25) is 0 Å². The van der Waals surface area contributed by atoms with Gasteiger partial charge in [0.1, 0.15) is 5.75 Å². The second-order valence-electron chi connectivity index (χ2n) is 7.06. The van der Waals surface area contributed by atoms with Crippen LogP contribution in [0.1, 0.15) is 35.6 Å². The molecule has 1 heterocycles. The van der Waals surface area contributed by atoms with E-state index in [-0.39, 0.29) is 11.8 Å². The summed E-state index contributed by atoms with van der Waals surface area (Å²) in [4.78, 5) is 2.76. The molecule has 1 unspecified atom stereocenters. The first-order valence-corrected chi connectivity index (χ1v) is 10.7. The van der Waals surface area contributed by atoms with E-state index in [1.54, 1.807) is 13.2 Å². The third-order valence-corrected chi connectivity index (χ3v) is 7.00. The van der Waals surface area contributed by atoms with E-state index in [1.807, 2.05) is 38.1 Å². The quantitative estimate of drug-likeness (QED) is 0.770. The minimum Gasteiger partial charge on any atom is -0.497 e. The summed E-state index contributed by atoms with van der Waals surface area (Å²) in [6.07, 6.45) is 2.14. The fourth-order valence-electron chi connectivity index (χ4n) is 3.71. The molecule has 1 atom stereocenters. The van der Waals surface area contributed by atoms with E-state index in [2.05, 4.69) is 17.0 Å². The first-order valence-electron chi connectivity index (χ1n) is 9.09. The summed E-state index contributed by atoms with van der Waals surface area (Å²) < 4.78 is 31.0. The standard InChI is InChI=1S/C21H27NO3S/c1-16-9-10-17(2)21(14-16)26(23,24)13-12-22-11-5-8-20(22)18-6-4-7-19(15-18)25-3/h4,6-7,9-10,14-15,20H,5,8,11-13H2,1-3H3. The molecule has 1 aliphatic rings. The van der Waals surface area contributed by atoms with Crippen LogP contribution in [0.4, 0.5) is 0 Å². The van der Waals surface area contributed by atoms with Crippen molar-refractivity contribution in [2.45, 2.75) is 37.6 Å². The average molecular weight is 374 g/mol. The van der Waals surface area contributed by atoms with E-state index >= 15 is 0 Å². The van der Waals surface area contributed by atoms with Crippen LogP contribution in [0, 0.1) is 13.8 Å². The minimum atomic E-state index is -3.29. The molecule has 0 radical (unpaired) electrons. The molecule has 0 bridgehead atoms. The van der Waals surface area contributed by atoms with Crippen molar-refractivity contribution in [1.82, 2.24) is 4.90 Å². The van der Waals surface area contributed by atoms with Crippen LogP contribution in [0.2, 0.25) is 0 Å². The lowest BCUT2D eigenvalue weighted by Gasteiger charge is -2.25. The van der Waals surface area contributed by atoms with E-state index in [4.69, 9.17) is 4.74 Å². The van der Waals surface area contributed by atoms with E-state index in [1.165, 1.54) is 5.56 Å². The van der Waals surface area contributed by atoms with Crippen LogP contribution < -0.4 is 4.74 Å². The van der Waals surface area contributed by atoms with Crippen LogP contribution in [-0.4, -0.2) is 39.3 Å². The molecule has 2 aromatic rings. The lowest BCUT2D eigenvalue weighted by atomic mass is 10.0. The highest BCUT2D eigenvalue weighted by Gasteiger charge is 2.28. The van der Waals surface area contributed by atoms with Gasteiger partial charge in [-0.25, -0.2) is 8.42 Å². The second kappa shape index (κ2) is 7.80. The van der Waals surface area contributed by atoms with Gasteiger partial charge in [0.05, 0.1) is 17.8 Å². The zero-order chi connectivity index (χ0) is 18.7. The van der Waals surface area contributed by atoms with Crippen LogP contribution in [0.25, 0.3) is 0 Å². The van der Waals surface area contributed by atoms with Crippen LogP contribution in [0.5, 0.6) is 5.75 Å². The zero-order valence-electron chi connectivity index (χ0n) is 15.7. The Hall–Kier alpha value is -1.85. The first-order chi connectivity index (χ1) is 12.4. The maximum Gasteiger partial charge on any atom is 0.179 e. The predicted octanol–water partition coefficient (Wildman–Crippen LogP) is 3.92. The van der Waals surface area contributed by atoms with Gasteiger partial charge < -0.3 is 4.74 Å². The van der Waals surface area contributed by atoms with Gasteiger partial charge in [-0.3, -0.25) is 4.90 Å². The first kappa shape index (κ1) is 18.9. The molecule has 26 heavy (non-hydrogen) atoms. The number of aryl methyl sites for hydroxylation is 2. The summed E-state index contributed by atoms with van der Waals surface area (Å²) in [6, 6.07) is 14.0. The lowest BCUT2D eigenvalue weighted by Crippen LogP contribution is -2.29. The van der Waals surface area contributed by atoms with Crippen LogP contribution in [-0.2, 0) is 9.84 Å². The van der Waals surface area contributed by atoms with Crippen molar-refractivity contribution in [3.8, 4) is 5.75 Å². The van der Waals surface area contributed by atoms with Crippen LogP contribution in [0.15, 0.2) is 47.4 Å². The summed E-state index contributed by atoms with van der Waals surface area (Å²) in [5.74, 6) is 0.995. The van der Waals surface area contributed by atoms with Gasteiger partial charge in [0.25, 0.3) is 0 Å². The van der Waals surface area contributed by atoms with Gasteiger partial charge in [-0.15, -0.1) is 0 Å². The number of rotatable bonds is 6. The molecule has 0 saturated carbocycles. The van der Waals surface area contributed by atoms with Crippen molar-refractivity contribution in [2.24, 2.45) is 0 Å². The Morgan fingerprint density at radius 3 is 2.73 bits per heavy atom. The molecule has 0 spiro atoms. The summed E-state index contributed by atoms with van der Waals surface area (Å²) in [6.45, 7) is 5.28. The predicted molar refractivity (Wildman–Crippen MR) is 105 cm³/mol. The maximum absolute atomic E-state index is 12.9.